The molecule has 0 amide bonds. The van der Waals surface area contributed by atoms with E-state index in [-0.39, 0.29) is 12.5 Å². The number of ether oxygens (including phenoxy) is 2. The second-order valence-electron chi connectivity index (χ2n) is 6.67. The Kier molecular flexibility index (Phi) is 5.65. The molecule has 1 aromatic carbocycles. The van der Waals surface area contributed by atoms with Gasteiger partial charge < -0.3 is 14.6 Å². The number of esters is 1. The van der Waals surface area contributed by atoms with Crippen molar-refractivity contribution in [1.82, 2.24) is 0 Å². The molecule has 0 bridgehead atoms. The number of methoxy groups -OCH3 is 1. The average molecular weight is 376 g/mol. The van der Waals surface area contributed by atoms with Crippen molar-refractivity contribution >= 4 is 5.97 Å². The van der Waals surface area contributed by atoms with Gasteiger partial charge in [-0.25, -0.2) is 8.78 Å². The van der Waals surface area contributed by atoms with Crippen molar-refractivity contribution in [3.8, 4) is 5.75 Å². The molecular formula is C18H20F4O4. The van der Waals surface area contributed by atoms with Gasteiger partial charge in [-0.3, -0.25) is 4.79 Å². The van der Waals surface area contributed by atoms with Gasteiger partial charge in [0.1, 0.15) is 6.61 Å². The standard InChI is InChI=1S/C18H20F4O4/c1-5-8(6-23)10-11(18(10,2)3)17(24)26-7-9-12(19)14(21)16(25-4)15(22)13(9)20/h5,10-11,23H,6-7H2,1-4H3/b8-5-. The molecule has 1 saturated carbocycles. The van der Waals surface area contributed by atoms with Crippen LogP contribution in [0.4, 0.5) is 17.6 Å². The zero-order valence-corrected chi connectivity index (χ0v) is 14.8. The lowest BCUT2D eigenvalue weighted by Crippen LogP contribution is -2.14. The van der Waals surface area contributed by atoms with E-state index in [0.29, 0.717) is 5.57 Å². The van der Waals surface area contributed by atoms with Crippen LogP contribution in [0.3, 0.4) is 0 Å². The molecule has 0 aromatic heterocycles. The Morgan fingerprint density at radius 2 is 1.65 bits per heavy atom. The Hall–Kier alpha value is -2.09. The lowest BCUT2D eigenvalue weighted by molar-refractivity contribution is -0.147. The maximum absolute atomic E-state index is 13.9. The fraction of sp³-hybridized carbons (Fsp3) is 0.500. The maximum atomic E-state index is 13.9. The SMILES string of the molecule is C/C=C(/CO)C1C(C(=O)OCc2c(F)c(F)c(OC)c(F)c2F)C1(C)C. The van der Waals surface area contributed by atoms with Gasteiger partial charge in [-0.2, -0.15) is 8.78 Å². The molecule has 1 aliphatic carbocycles. The van der Waals surface area contributed by atoms with Gasteiger partial charge >= 0.3 is 5.97 Å². The van der Waals surface area contributed by atoms with Crippen molar-refractivity contribution in [2.75, 3.05) is 13.7 Å². The van der Waals surface area contributed by atoms with Gasteiger partial charge in [0.15, 0.2) is 17.4 Å². The van der Waals surface area contributed by atoms with Crippen LogP contribution in [-0.2, 0) is 16.1 Å². The van der Waals surface area contributed by atoms with Gasteiger partial charge in [0, 0.05) is 5.92 Å². The van der Waals surface area contributed by atoms with E-state index >= 15 is 0 Å². The molecule has 1 aliphatic rings. The molecule has 144 valence electrons. The molecule has 0 aliphatic heterocycles. The smallest absolute Gasteiger partial charge is 0.310 e. The summed E-state index contributed by atoms with van der Waals surface area (Å²) in [5, 5.41) is 9.34. The fourth-order valence-electron chi connectivity index (χ4n) is 3.33. The van der Waals surface area contributed by atoms with E-state index in [1.54, 1.807) is 26.8 Å². The molecule has 1 fully saturated rings. The third kappa shape index (κ3) is 3.18. The van der Waals surface area contributed by atoms with Crippen LogP contribution >= 0.6 is 0 Å². The Balaban J connectivity index is 2.19. The number of rotatable bonds is 6. The second kappa shape index (κ2) is 7.26. The van der Waals surface area contributed by atoms with Crippen molar-refractivity contribution < 1.29 is 36.9 Å². The molecule has 8 heteroatoms. The average Bonchev–Trinajstić information content (AvgIpc) is 3.16. The van der Waals surface area contributed by atoms with Gasteiger partial charge in [-0.1, -0.05) is 19.9 Å². The van der Waals surface area contributed by atoms with Gasteiger partial charge in [0.2, 0.25) is 11.6 Å². The van der Waals surface area contributed by atoms with E-state index in [1.807, 2.05) is 0 Å². The van der Waals surface area contributed by atoms with Gasteiger partial charge in [0.05, 0.1) is 25.2 Å². The monoisotopic (exact) mass is 376 g/mol. The molecule has 0 saturated heterocycles. The van der Waals surface area contributed by atoms with Crippen LogP contribution in [-0.4, -0.2) is 24.8 Å². The summed E-state index contributed by atoms with van der Waals surface area (Å²) in [6.07, 6.45) is 1.69. The number of aliphatic hydroxyl groups excluding tert-OH is 1. The number of aliphatic hydroxyl groups is 1. The van der Waals surface area contributed by atoms with E-state index in [1.165, 1.54) is 0 Å². The van der Waals surface area contributed by atoms with Crippen LogP contribution in [0.5, 0.6) is 5.75 Å². The van der Waals surface area contributed by atoms with Gasteiger partial charge in [-0.05, 0) is 17.9 Å². The molecule has 1 N–H and O–H groups in total. The summed E-state index contributed by atoms with van der Waals surface area (Å²) in [7, 11) is 0.870. The largest absolute Gasteiger partial charge is 0.491 e. The number of benzene rings is 1. The predicted octanol–water partition coefficient (Wildman–Crippen LogP) is 3.51. The number of halogens is 4. The summed E-state index contributed by atoms with van der Waals surface area (Å²) < 4.78 is 64.4. The van der Waals surface area contributed by atoms with E-state index < -0.39 is 58.5 Å². The number of carbonyl (C=O) groups is 1. The first-order chi connectivity index (χ1) is 12.1. The molecule has 26 heavy (non-hydrogen) atoms. The topological polar surface area (TPSA) is 55.8 Å². The van der Waals surface area contributed by atoms with Gasteiger partial charge in [0.25, 0.3) is 0 Å². The molecule has 2 atom stereocenters. The second-order valence-corrected chi connectivity index (χ2v) is 6.67. The van der Waals surface area contributed by atoms with Crippen molar-refractivity contribution in [2.24, 2.45) is 17.3 Å². The zero-order chi connectivity index (χ0) is 19.8. The molecule has 1 aromatic rings. The maximum Gasteiger partial charge on any atom is 0.310 e. The number of carbonyl (C=O) groups excluding carboxylic acids is 1. The van der Waals surface area contributed by atoms with E-state index in [2.05, 4.69) is 4.74 Å². The lowest BCUT2D eigenvalue weighted by atomic mass is 10.0. The van der Waals surface area contributed by atoms with Crippen LogP contribution in [0.15, 0.2) is 11.6 Å². The molecule has 2 unspecified atom stereocenters. The number of hydrogen-bond donors (Lipinski definition) is 1. The molecule has 0 spiro atoms. The van der Waals surface area contributed by atoms with Crippen LogP contribution in [0.2, 0.25) is 0 Å². The molecule has 4 nitrogen and oxygen atoms in total. The molecule has 2 rings (SSSR count). The minimum atomic E-state index is -1.70. The minimum absolute atomic E-state index is 0.230. The van der Waals surface area contributed by atoms with Crippen molar-refractivity contribution in [3.05, 3.63) is 40.5 Å². The first kappa shape index (κ1) is 20.2. The van der Waals surface area contributed by atoms with Crippen molar-refractivity contribution in [2.45, 2.75) is 27.4 Å². The normalized spacial score (nSPS) is 21.5. The quantitative estimate of drug-likeness (QED) is 0.357. The van der Waals surface area contributed by atoms with Crippen LogP contribution in [0.25, 0.3) is 0 Å². The summed E-state index contributed by atoms with van der Waals surface area (Å²) >= 11 is 0. The van der Waals surface area contributed by atoms with Crippen LogP contribution in [0.1, 0.15) is 26.3 Å². The summed E-state index contributed by atoms with van der Waals surface area (Å²) in [5.74, 6) is -9.59. The Morgan fingerprint density at radius 3 is 2.08 bits per heavy atom. The molecule has 0 radical (unpaired) electrons. The third-order valence-electron chi connectivity index (χ3n) is 4.91. The highest BCUT2D eigenvalue weighted by atomic mass is 19.2. The molecule has 0 heterocycles. The summed E-state index contributed by atoms with van der Waals surface area (Å²) in [4.78, 5) is 12.3. The van der Waals surface area contributed by atoms with E-state index in [9.17, 15) is 27.5 Å². The lowest BCUT2D eigenvalue weighted by Gasteiger charge is -2.11. The fourth-order valence-corrected chi connectivity index (χ4v) is 3.33. The Morgan fingerprint density at radius 1 is 1.12 bits per heavy atom. The Labute approximate surface area is 148 Å². The summed E-state index contributed by atoms with van der Waals surface area (Å²) in [5.41, 5.74) is -0.886. The van der Waals surface area contributed by atoms with Crippen LogP contribution in [0, 0.1) is 40.5 Å². The highest BCUT2D eigenvalue weighted by molar-refractivity contribution is 5.78. The highest BCUT2D eigenvalue weighted by Crippen LogP contribution is 2.62. The third-order valence-corrected chi connectivity index (χ3v) is 4.91. The first-order valence-corrected chi connectivity index (χ1v) is 7.94. The summed E-state index contributed by atoms with van der Waals surface area (Å²) in [6.45, 7) is 4.10. The predicted molar refractivity (Wildman–Crippen MR) is 84.2 cm³/mol. The number of allylic oxidation sites excluding steroid dienone is 1. The van der Waals surface area contributed by atoms with Crippen molar-refractivity contribution in [3.63, 3.8) is 0 Å². The first-order valence-electron chi connectivity index (χ1n) is 7.94. The minimum Gasteiger partial charge on any atom is -0.491 e. The zero-order valence-electron chi connectivity index (χ0n) is 14.8. The Bertz CT molecular complexity index is 729. The van der Waals surface area contributed by atoms with Crippen molar-refractivity contribution in [1.29, 1.82) is 0 Å². The van der Waals surface area contributed by atoms with E-state index in [4.69, 9.17) is 4.74 Å². The summed E-state index contributed by atoms with van der Waals surface area (Å²) in [6, 6.07) is 0. The van der Waals surface area contributed by atoms with E-state index in [0.717, 1.165) is 7.11 Å². The van der Waals surface area contributed by atoms with Crippen LogP contribution < -0.4 is 4.74 Å². The van der Waals surface area contributed by atoms with Gasteiger partial charge in [-0.15, -0.1) is 0 Å². The molecular weight excluding hydrogens is 356 g/mol. The highest BCUT2D eigenvalue weighted by Gasteiger charge is 2.63. The number of hydrogen-bond acceptors (Lipinski definition) is 4.